The van der Waals surface area contributed by atoms with Crippen molar-refractivity contribution in [3.63, 3.8) is 0 Å². The van der Waals surface area contributed by atoms with E-state index in [1.54, 1.807) is 0 Å². The van der Waals surface area contributed by atoms with Gasteiger partial charge in [0.2, 0.25) is 10.0 Å². The number of anilines is 2. The van der Waals surface area contributed by atoms with Gasteiger partial charge in [-0.25, -0.2) is 14.8 Å². The lowest BCUT2D eigenvalue weighted by Gasteiger charge is -2.46. The molecule has 2 heterocycles. The number of benzene rings is 3. The summed E-state index contributed by atoms with van der Waals surface area (Å²) in [6, 6.07) is 28.1. The number of hydrazone groups is 2. The van der Waals surface area contributed by atoms with Crippen molar-refractivity contribution in [2.75, 3.05) is 17.1 Å². The van der Waals surface area contributed by atoms with Gasteiger partial charge in [0.05, 0.1) is 24.2 Å². The largest absolute Gasteiger partial charge is 0.464 e. The summed E-state index contributed by atoms with van der Waals surface area (Å²) in [5.74, 6) is -0.454. The van der Waals surface area contributed by atoms with Gasteiger partial charge in [0.1, 0.15) is 0 Å². The molecule has 5 rings (SSSR count). The maximum absolute atomic E-state index is 12.5. The Bertz CT molecular complexity index is 1220. The first kappa shape index (κ1) is 21.7. The van der Waals surface area contributed by atoms with Crippen molar-refractivity contribution in [2.24, 2.45) is 10.2 Å². The number of hydrogen-bond donors (Lipinski definition) is 0. The molecular weight excluding hydrogens is 500 g/mol. The van der Waals surface area contributed by atoms with Crippen LogP contribution in [0.2, 0.25) is 0 Å². The van der Waals surface area contributed by atoms with Crippen LogP contribution in [0.15, 0.2) is 99.6 Å². The first-order valence-corrected chi connectivity index (χ1v) is 12.1. The molecule has 0 N–H and O–H groups in total. The zero-order valence-electron chi connectivity index (χ0n) is 17.9. The van der Waals surface area contributed by atoms with Crippen molar-refractivity contribution in [3.05, 3.63) is 95.0 Å². The fourth-order valence-corrected chi connectivity index (χ4v) is 5.52. The van der Waals surface area contributed by atoms with Gasteiger partial charge in [-0.1, -0.05) is 64.5 Å². The number of carbonyl (C=O) groups excluding carboxylic acids is 1. The number of hydrogen-bond acceptors (Lipinski definition) is 7. The standard InChI is InChI=1S/C25H21BrN4O2S/c1-32-24(31)23-28-30(21-14-12-19(26)13-15-21)25(33-23)17-16-22(18-8-4-2-5-9-18)27-29(25)20-10-6-3-7-11-20/h2-15H,16-17H2,1H3. The van der Waals surface area contributed by atoms with Crippen LogP contribution < -0.4 is 10.0 Å². The van der Waals surface area contributed by atoms with Crippen molar-refractivity contribution in [3.8, 4) is 0 Å². The van der Waals surface area contributed by atoms with E-state index in [1.807, 2.05) is 82.8 Å². The van der Waals surface area contributed by atoms with E-state index in [2.05, 4.69) is 28.1 Å². The van der Waals surface area contributed by atoms with E-state index < -0.39 is 11.0 Å². The van der Waals surface area contributed by atoms with Gasteiger partial charge >= 0.3 is 5.97 Å². The summed E-state index contributed by atoms with van der Waals surface area (Å²) < 4.78 is 5.99. The fourth-order valence-electron chi connectivity index (χ4n) is 3.99. The third-order valence-electron chi connectivity index (χ3n) is 5.56. The van der Waals surface area contributed by atoms with Crippen LogP contribution in [0.5, 0.6) is 0 Å². The van der Waals surface area contributed by atoms with Crippen LogP contribution in [-0.2, 0) is 9.53 Å². The van der Waals surface area contributed by atoms with Crippen LogP contribution in [0.3, 0.4) is 0 Å². The maximum Gasteiger partial charge on any atom is 0.365 e. The molecule has 0 bridgehead atoms. The summed E-state index contributed by atoms with van der Waals surface area (Å²) in [6.45, 7) is 0. The van der Waals surface area contributed by atoms with Gasteiger partial charge in [0.15, 0.2) is 0 Å². The number of methoxy groups -OCH3 is 1. The maximum atomic E-state index is 12.5. The third-order valence-corrected chi connectivity index (χ3v) is 7.41. The van der Waals surface area contributed by atoms with Gasteiger partial charge in [-0.2, -0.15) is 10.2 Å². The minimum absolute atomic E-state index is 0.305. The summed E-state index contributed by atoms with van der Waals surface area (Å²) in [7, 11) is 1.38. The van der Waals surface area contributed by atoms with E-state index in [0.717, 1.165) is 33.5 Å². The minimum Gasteiger partial charge on any atom is -0.464 e. The zero-order chi connectivity index (χ0) is 22.8. The normalized spacial score (nSPS) is 19.9. The van der Waals surface area contributed by atoms with Gasteiger partial charge in [0, 0.05) is 10.9 Å². The SMILES string of the molecule is COC(=O)C1=NN(c2ccc(Br)cc2)C2(CCC(c3ccccc3)=NN2c2ccccc2)S1. The molecule has 0 aliphatic carbocycles. The number of esters is 1. The number of nitrogens with zero attached hydrogens (tertiary/aromatic N) is 4. The Balaban J connectivity index is 1.66. The summed E-state index contributed by atoms with van der Waals surface area (Å²) in [5, 5.41) is 14.0. The highest BCUT2D eigenvalue weighted by molar-refractivity contribution is 9.10. The summed E-state index contributed by atoms with van der Waals surface area (Å²) in [4.78, 5) is 11.8. The average molecular weight is 521 g/mol. The first-order valence-electron chi connectivity index (χ1n) is 10.5. The lowest BCUT2D eigenvalue weighted by Crippen LogP contribution is -2.56. The number of carbonyl (C=O) groups is 1. The van der Waals surface area contributed by atoms with Crippen molar-refractivity contribution in [1.29, 1.82) is 0 Å². The van der Waals surface area contributed by atoms with Crippen molar-refractivity contribution >= 4 is 55.8 Å². The predicted molar refractivity (Wildman–Crippen MR) is 138 cm³/mol. The van der Waals surface area contributed by atoms with E-state index >= 15 is 0 Å². The van der Waals surface area contributed by atoms with Gasteiger partial charge in [-0.3, -0.25) is 0 Å². The Morgan fingerprint density at radius 1 is 0.909 bits per heavy atom. The van der Waals surface area contributed by atoms with E-state index in [1.165, 1.54) is 18.9 Å². The molecule has 0 aromatic heterocycles. The lowest BCUT2D eigenvalue weighted by molar-refractivity contribution is -0.132. The second-order valence-corrected chi connectivity index (χ2v) is 9.75. The molecular formula is C25H21BrN4O2S. The smallest absolute Gasteiger partial charge is 0.365 e. The van der Waals surface area contributed by atoms with Crippen LogP contribution >= 0.6 is 27.7 Å². The second kappa shape index (κ2) is 9.03. The van der Waals surface area contributed by atoms with Crippen molar-refractivity contribution in [1.82, 2.24) is 0 Å². The Morgan fingerprint density at radius 3 is 2.18 bits per heavy atom. The minimum atomic E-state index is -0.753. The Morgan fingerprint density at radius 2 is 1.52 bits per heavy atom. The van der Waals surface area contributed by atoms with Crippen LogP contribution in [0.1, 0.15) is 18.4 Å². The molecule has 0 saturated carbocycles. The van der Waals surface area contributed by atoms with Gasteiger partial charge in [0.25, 0.3) is 0 Å². The molecule has 0 fully saturated rings. The molecule has 1 unspecified atom stereocenters. The highest BCUT2D eigenvalue weighted by Crippen LogP contribution is 2.50. The molecule has 2 aliphatic rings. The molecule has 2 aliphatic heterocycles. The highest BCUT2D eigenvalue weighted by atomic mass is 79.9. The number of thioether (sulfide) groups is 1. The number of para-hydroxylation sites is 1. The van der Waals surface area contributed by atoms with Crippen LogP contribution in [0.25, 0.3) is 0 Å². The molecule has 3 aromatic carbocycles. The summed E-state index contributed by atoms with van der Waals surface area (Å²) >= 11 is 4.89. The molecule has 0 saturated heterocycles. The van der Waals surface area contributed by atoms with Gasteiger partial charge in [-0.05, 0) is 60.1 Å². The molecule has 6 nitrogen and oxygen atoms in total. The van der Waals surface area contributed by atoms with Crippen LogP contribution in [-0.4, -0.2) is 28.8 Å². The van der Waals surface area contributed by atoms with E-state index in [4.69, 9.17) is 14.9 Å². The second-order valence-electron chi connectivity index (χ2n) is 7.59. The number of rotatable bonds is 4. The van der Waals surface area contributed by atoms with Crippen molar-refractivity contribution in [2.45, 2.75) is 17.8 Å². The Kier molecular flexibility index (Phi) is 5.95. The predicted octanol–water partition coefficient (Wildman–Crippen LogP) is 5.85. The quantitative estimate of drug-likeness (QED) is 0.404. The molecule has 0 amide bonds. The van der Waals surface area contributed by atoms with E-state index in [0.29, 0.717) is 11.5 Å². The van der Waals surface area contributed by atoms with Crippen LogP contribution in [0.4, 0.5) is 11.4 Å². The molecule has 33 heavy (non-hydrogen) atoms. The fraction of sp³-hybridized carbons (Fsp3) is 0.160. The molecule has 1 spiro atoms. The molecule has 3 aromatic rings. The Labute approximate surface area is 205 Å². The first-order chi connectivity index (χ1) is 16.1. The van der Waals surface area contributed by atoms with E-state index in [-0.39, 0.29) is 0 Å². The third kappa shape index (κ3) is 4.05. The monoisotopic (exact) mass is 520 g/mol. The van der Waals surface area contributed by atoms with Crippen molar-refractivity contribution < 1.29 is 9.53 Å². The molecule has 1 atom stereocenters. The van der Waals surface area contributed by atoms with Gasteiger partial charge in [-0.15, -0.1) is 0 Å². The number of ether oxygens (including phenoxy) is 1. The van der Waals surface area contributed by atoms with Crippen LogP contribution in [0, 0.1) is 0 Å². The summed E-state index contributed by atoms with van der Waals surface area (Å²) in [6.07, 6.45) is 1.43. The highest BCUT2D eigenvalue weighted by Gasteiger charge is 2.53. The molecule has 166 valence electrons. The zero-order valence-corrected chi connectivity index (χ0v) is 20.3. The molecule has 0 radical (unpaired) electrons. The summed E-state index contributed by atoms with van der Waals surface area (Å²) in [5.41, 5.74) is 3.86. The number of halogens is 1. The topological polar surface area (TPSA) is 57.5 Å². The van der Waals surface area contributed by atoms with E-state index in [9.17, 15) is 4.79 Å². The Hall–Kier alpha value is -3.10. The average Bonchev–Trinajstić information content (AvgIpc) is 3.25. The lowest BCUT2D eigenvalue weighted by atomic mass is 10.0. The van der Waals surface area contributed by atoms with Gasteiger partial charge < -0.3 is 4.74 Å². The molecule has 8 heteroatoms.